The number of nitrogens with one attached hydrogen (secondary N) is 1. The molecule has 26 heavy (non-hydrogen) atoms. The predicted octanol–water partition coefficient (Wildman–Crippen LogP) is 3.42. The molecule has 0 radical (unpaired) electrons. The smallest absolute Gasteiger partial charge is 0.241 e. The molecular weight excluding hydrogens is 368 g/mol. The van der Waals surface area contributed by atoms with Crippen molar-refractivity contribution in [1.82, 2.24) is 9.80 Å². The fraction of sp³-hybridized carbons (Fsp3) is 0.368. The predicted molar refractivity (Wildman–Crippen MR) is 105 cm³/mol. The summed E-state index contributed by atoms with van der Waals surface area (Å²) in [4.78, 5) is 18.4. The first kappa shape index (κ1) is 18.9. The highest BCUT2D eigenvalue weighted by Gasteiger charge is 2.25. The third kappa shape index (κ3) is 4.83. The van der Waals surface area contributed by atoms with Crippen LogP contribution >= 0.6 is 22.9 Å². The number of nitrogens with zero attached hydrogens (tertiary/aromatic N) is 3. The molecule has 1 aromatic carbocycles. The number of anilines is 1. The van der Waals surface area contributed by atoms with E-state index in [1.807, 2.05) is 13.0 Å². The summed E-state index contributed by atoms with van der Waals surface area (Å²) in [5, 5.41) is 11.8. The summed E-state index contributed by atoms with van der Waals surface area (Å²) in [7, 11) is 0. The SMILES string of the molecule is C[C@@H](C(=O)Nc1ccc(C#N)cc1)N1CCN(Cc2ccc(Cl)s2)CC1. The number of carbonyl (C=O) groups is 1. The van der Waals surface area contributed by atoms with Crippen LogP contribution in [0.3, 0.4) is 0 Å². The second-order valence-electron chi connectivity index (χ2n) is 6.37. The van der Waals surface area contributed by atoms with Crippen LogP contribution in [0.4, 0.5) is 5.69 Å². The molecule has 1 aliphatic rings. The van der Waals surface area contributed by atoms with Crippen LogP contribution in [-0.4, -0.2) is 47.9 Å². The fourth-order valence-electron chi connectivity index (χ4n) is 3.01. The minimum atomic E-state index is -0.191. The Hall–Kier alpha value is -1.91. The van der Waals surface area contributed by atoms with Crippen molar-refractivity contribution in [1.29, 1.82) is 5.26 Å². The number of piperazine rings is 1. The molecule has 1 amide bonds. The quantitative estimate of drug-likeness (QED) is 0.852. The van der Waals surface area contributed by atoms with Gasteiger partial charge in [-0.25, -0.2) is 0 Å². The normalized spacial score (nSPS) is 16.8. The molecule has 1 aromatic heterocycles. The van der Waals surface area contributed by atoms with E-state index in [4.69, 9.17) is 16.9 Å². The van der Waals surface area contributed by atoms with Gasteiger partial charge in [0.05, 0.1) is 22.0 Å². The Morgan fingerprint density at radius 2 is 1.92 bits per heavy atom. The van der Waals surface area contributed by atoms with Gasteiger partial charge < -0.3 is 5.32 Å². The lowest BCUT2D eigenvalue weighted by molar-refractivity contribution is -0.121. The average Bonchev–Trinajstić information content (AvgIpc) is 3.07. The van der Waals surface area contributed by atoms with Crippen LogP contribution in [0.5, 0.6) is 0 Å². The Balaban J connectivity index is 1.48. The molecule has 1 aliphatic heterocycles. The molecule has 136 valence electrons. The van der Waals surface area contributed by atoms with E-state index in [0.29, 0.717) is 11.3 Å². The maximum absolute atomic E-state index is 12.5. The van der Waals surface area contributed by atoms with Crippen molar-refractivity contribution in [3.63, 3.8) is 0 Å². The summed E-state index contributed by atoms with van der Waals surface area (Å²) in [6, 6.07) is 12.8. The van der Waals surface area contributed by atoms with Crippen molar-refractivity contribution in [2.75, 3.05) is 31.5 Å². The zero-order chi connectivity index (χ0) is 18.5. The number of nitriles is 1. The Morgan fingerprint density at radius 3 is 2.50 bits per heavy atom. The van der Waals surface area contributed by atoms with Gasteiger partial charge in [0.2, 0.25) is 5.91 Å². The van der Waals surface area contributed by atoms with Gasteiger partial charge in [0.1, 0.15) is 0 Å². The molecule has 2 aromatic rings. The van der Waals surface area contributed by atoms with Crippen molar-refractivity contribution in [2.24, 2.45) is 0 Å². The fourth-order valence-corrected chi connectivity index (χ4v) is 4.14. The molecule has 1 atom stereocenters. The van der Waals surface area contributed by atoms with E-state index in [2.05, 4.69) is 27.3 Å². The molecular formula is C19H21ClN4OS. The average molecular weight is 389 g/mol. The summed E-state index contributed by atoms with van der Waals surface area (Å²) < 4.78 is 0.826. The number of carbonyl (C=O) groups excluding carboxylic acids is 1. The molecule has 1 saturated heterocycles. The van der Waals surface area contributed by atoms with Gasteiger partial charge in [0, 0.05) is 43.3 Å². The monoisotopic (exact) mass is 388 g/mol. The Labute approximate surface area is 162 Å². The molecule has 0 bridgehead atoms. The molecule has 1 fully saturated rings. The third-order valence-corrected chi connectivity index (χ3v) is 5.84. The number of hydrogen-bond acceptors (Lipinski definition) is 5. The molecule has 0 unspecified atom stereocenters. The van der Waals surface area contributed by atoms with Crippen LogP contribution in [0.2, 0.25) is 4.34 Å². The summed E-state index contributed by atoms with van der Waals surface area (Å²) >= 11 is 7.62. The van der Waals surface area contributed by atoms with Crippen LogP contribution in [-0.2, 0) is 11.3 Å². The minimum absolute atomic E-state index is 0.0202. The third-order valence-electron chi connectivity index (χ3n) is 4.62. The Morgan fingerprint density at radius 1 is 1.23 bits per heavy atom. The van der Waals surface area contributed by atoms with E-state index >= 15 is 0 Å². The first-order valence-corrected chi connectivity index (χ1v) is 9.76. The highest BCUT2D eigenvalue weighted by Crippen LogP contribution is 2.23. The largest absolute Gasteiger partial charge is 0.325 e. The lowest BCUT2D eigenvalue weighted by Crippen LogP contribution is -2.52. The van der Waals surface area contributed by atoms with E-state index in [-0.39, 0.29) is 11.9 Å². The lowest BCUT2D eigenvalue weighted by Gasteiger charge is -2.37. The summed E-state index contributed by atoms with van der Waals surface area (Å²) in [6.07, 6.45) is 0. The Kier molecular flexibility index (Phi) is 6.28. The van der Waals surface area contributed by atoms with Gasteiger partial charge in [-0.2, -0.15) is 5.26 Å². The maximum Gasteiger partial charge on any atom is 0.241 e. The van der Waals surface area contributed by atoms with Crippen LogP contribution in [0, 0.1) is 11.3 Å². The Bertz CT molecular complexity index is 791. The lowest BCUT2D eigenvalue weighted by atomic mass is 10.2. The van der Waals surface area contributed by atoms with Crippen LogP contribution in [0.1, 0.15) is 17.4 Å². The molecule has 3 rings (SSSR count). The van der Waals surface area contributed by atoms with Crippen molar-refractivity contribution in [3.05, 3.63) is 51.2 Å². The van der Waals surface area contributed by atoms with E-state index in [1.54, 1.807) is 35.6 Å². The van der Waals surface area contributed by atoms with Crippen molar-refractivity contribution in [2.45, 2.75) is 19.5 Å². The number of amides is 1. The standard InChI is InChI=1S/C19H21ClN4OS/c1-14(19(25)22-16-4-2-15(12-21)3-5-16)24-10-8-23(9-11-24)13-17-6-7-18(20)26-17/h2-7,14H,8-11,13H2,1H3,(H,22,25)/t14-/m0/s1. The molecule has 5 nitrogen and oxygen atoms in total. The molecule has 2 heterocycles. The summed E-state index contributed by atoms with van der Waals surface area (Å²) in [6.45, 7) is 6.45. The highest BCUT2D eigenvalue weighted by molar-refractivity contribution is 7.16. The van der Waals surface area contributed by atoms with Gasteiger partial charge in [-0.05, 0) is 43.3 Å². The van der Waals surface area contributed by atoms with Gasteiger partial charge in [-0.15, -0.1) is 11.3 Å². The number of hydrogen-bond donors (Lipinski definition) is 1. The first-order chi connectivity index (χ1) is 12.5. The van der Waals surface area contributed by atoms with Crippen molar-refractivity contribution < 1.29 is 4.79 Å². The van der Waals surface area contributed by atoms with Crippen LogP contribution < -0.4 is 5.32 Å². The van der Waals surface area contributed by atoms with E-state index in [9.17, 15) is 4.79 Å². The number of halogens is 1. The molecule has 7 heteroatoms. The first-order valence-electron chi connectivity index (χ1n) is 8.57. The van der Waals surface area contributed by atoms with Gasteiger partial charge in [-0.3, -0.25) is 14.6 Å². The molecule has 0 aliphatic carbocycles. The zero-order valence-corrected chi connectivity index (χ0v) is 16.2. The topological polar surface area (TPSA) is 59.4 Å². The van der Waals surface area contributed by atoms with E-state index in [1.165, 1.54) is 4.88 Å². The van der Waals surface area contributed by atoms with Gasteiger partial charge >= 0.3 is 0 Å². The number of rotatable bonds is 5. The van der Waals surface area contributed by atoms with Gasteiger partial charge in [0.25, 0.3) is 0 Å². The zero-order valence-electron chi connectivity index (χ0n) is 14.6. The van der Waals surface area contributed by atoms with Crippen molar-refractivity contribution >= 4 is 34.5 Å². The number of benzene rings is 1. The van der Waals surface area contributed by atoms with Gasteiger partial charge in [-0.1, -0.05) is 11.6 Å². The van der Waals surface area contributed by atoms with E-state index < -0.39 is 0 Å². The van der Waals surface area contributed by atoms with Crippen molar-refractivity contribution in [3.8, 4) is 6.07 Å². The van der Waals surface area contributed by atoms with E-state index in [0.717, 1.165) is 37.1 Å². The molecule has 0 saturated carbocycles. The maximum atomic E-state index is 12.5. The highest BCUT2D eigenvalue weighted by atomic mass is 35.5. The van der Waals surface area contributed by atoms with Crippen LogP contribution in [0.15, 0.2) is 36.4 Å². The van der Waals surface area contributed by atoms with Gasteiger partial charge in [0.15, 0.2) is 0 Å². The number of thiophene rings is 1. The van der Waals surface area contributed by atoms with Crippen LogP contribution in [0.25, 0.3) is 0 Å². The molecule has 1 N–H and O–H groups in total. The summed E-state index contributed by atoms with van der Waals surface area (Å²) in [5.74, 6) is -0.0202. The summed E-state index contributed by atoms with van der Waals surface area (Å²) in [5.41, 5.74) is 1.30. The second-order valence-corrected chi connectivity index (χ2v) is 8.17. The second kappa shape index (κ2) is 8.65. The minimum Gasteiger partial charge on any atom is -0.325 e. The molecule has 0 spiro atoms.